The Balaban J connectivity index is 0.000000490. The Morgan fingerprint density at radius 2 is 1.50 bits per heavy atom. The van der Waals surface area contributed by atoms with Gasteiger partial charge in [0.15, 0.2) is 0 Å². The molecule has 1 aromatic rings. The van der Waals surface area contributed by atoms with Crippen LogP contribution in [0.1, 0.15) is 0 Å². The number of hydrogen-bond acceptors (Lipinski definition) is 0. The first kappa shape index (κ1) is 7.44. The van der Waals surface area contributed by atoms with E-state index in [2.05, 4.69) is 0 Å². The SMILES string of the molecule is Cl.Fc1ccccc1. The van der Waals surface area contributed by atoms with Crippen LogP contribution in [0, 0.1) is 5.82 Å². The molecule has 0 unspecified atom stereocenters. The predicted molar refractivity (Wildman–Crippen MR) is 33.6 cm³/mol. The highest BCUT2D eigenvalue weighted by Crippen LogP contribution is 1.91. The summed E-state index contributed by atoms with van der Waals surface area (Å²) < 4.78 is 11.9. The Labute approximate surface area is 53.8 Å². The lowest BCUT2D eigenvalue weighted by molar-refractivity contribution is 0.628. The third kappa shape index (κ3) is 1.94. The van der Waals surface area contributed by atoms with E-state index in [4.69, 9.17) is 0 Å². The van der Waals surface area contributed by atoms with Crippen molar-refractivity contribution in [1.82, 2.24) is 0 Å². The van der Waals surface area contributed by atoms with Gasteiger partial charge < -0.3 is 0 Å². The molecule has 0 saturated heterocycles. The molecule has 0 N–H and O–H groups in total. The van der Waals surface area contributed by atoms with E-state index in [1.165, 1.54) is 12.1 Å². The van der Waals surface area contributed by atoms with E-state index in [1.807, 2.05) is 0 Å². The minimum atomic E-state index is -0.178. The Morgan fingerprint density at radius 3 is 1.75 bits per heavy atom. The predicted octanol–water partition coefficient (Wildman–Crippen LogP) is 2.25. The van der Waals surface area contributed by atoms with E-state index in [1.54, 1.807) is 18.2 Å². The molecule has 0 fully saturated rings. The first-order valence-electron chi connectivity index (χ1n) is 2.10. The molecule has 0 amide bonds. The van der Waals surface area contributed by atoms with Crippen molar-refractivity contribution in [3.63, 3.8) is 0 Å². The lowest BCUT2D eigenvalue weighted by atomic mass is 10.4. The van der Waals surface area contributed by atoms with Crippen molar-refractivity contribution in [2.24, 2.45) is 0 Å². The maximum atomic E-state index is 11.9. The highest BCUT2D eigenvalue weighted by molar-refractivity contribution is 5.85. The summed E-state index contributed by atoms with van der Waals surface area (Å²) in [5.74, 6) is -0.178. The van der Waals surface area contributed by atoms with E-state index >= 15 is 0 Å². The average molecular weight is 133 g/mol. The smallest absolute Gasteiger partial charge is 0.123 e. The second-order valence-corrected chi connectivity index (χ2v) is 1.30. The molecule has 0 aliphatic carbocycles. The second-order valence-electron chi connectivity index (χ2n) is 1.30. The van der Waals surface area contributed by atoms with Crippen molar-refractivity contribution in [3.8, 4) is 0 Å². The van der Waals surface area contributed by atoms with Crippen molar-refractivity contribution in [2.45, 2.75) is 0 Å². The molecule has 0 saturated carbocycles. The molecule has 0 bridgehead atoms. The molecule has 0 nitrogen and oxygen atoms in total. The topological polar surface area (TPSA) is 0 Å². The zero-order valence-corrected chi connectivity index (χ0v) is 4.99. The van der Waals surface area contributed by atoms with Gasteiger partial charge in [-0.05, 0) is 12.1 Å². The van der Waals surface area contributed by atoms with Gasteiger partial charge in [-0.3, -0.25) is 0 Å². The number of benzene rings is 1. The number of hydrogen-bond donors (Lipinski definition) is 0. The summed E-state index contributed by atoms with van der Waals surface area (Å²) in [6.45, 7) is 0. The van der Waals surface area contributed by atoms with Crippen LogP contribution in [0.4, 0.5) is 4.39 Å². The molecule has 0 aliphatic heterocycles. The Hall–Kier alpha value is -0.560. The standard InChI is InChI=1S/C6H5F.ClH/c7-6-4-2-1-3-5-6;/h1-5H;1H. The molecule has 1 rings (SSSR count). The molecule has 1 aromatic carbocycles. The van der Waals surface area contributed by atoms with Crippen molar-refractivity contribution < 1.29 is 4.39 Å². The van der Waals surface area contributed by atoms with E-state index in [0.717, 1.165) is 0 Å². The summed E-state index contributed by atoms with van der Waals surface area (Å²) in [7, 11) is 0. The van der Waals surface area contributed by atoms with Crippen LogP contribution in [-0.4, -0.2) is 0 Å². The van der Waals surface area contributed by atoms with Crippen LogP contribution in [0.15, 0.2) is 30.3 Å². The fourth-order valence-electron chi connectivity index (χ4n) is 0.415. The normalized spacial score (nSPS) is 7.62. The van der Waals surface area contributed by atoms with Crippen molar-refractivity contribution in [2.75, 3.05) is 0 Å². The van der Waals surface area contributed by atoms with Crippen LogP contribution in [0.2, 0.25) is 0 Å². The summed E-state index contributed by atoms with van der Waals surface area (Å²) in [4.78, 5) is 0. The van der Waals surface area contributed by atoms with E-state index in [0.29, 0.717) is 0 Å². The monoisotopic (exact) mass is 132 g/mol. The molecular weight excluding hydrogens is 127 g/mol. The fraction of sp³-hybridized carbons (Fsp3) is 0. The highest BCUT2D eigenvalue weighted by atomic mass is 35.5. The Bertz CT molecular complexity index is 138. The summed E-state index contributed by atoms with van der Waals surface area (Å²) in [6, 6.07) is 7.94. The maximum Gasteiger partial charge on any atom is 0.123 e. The third-order valence-electron chi connectivity index (χ3n) is 0.733. The Morgan fingerprint density at radius 1 is 1.00 bits per heavy atom. The number of halogens is 2. The van der Waals surface area contributed by atoms with Crippen LogP contribution in [-0.2, 0) is 0 Å². The lowest BCUT2D eigenvalue weighted by Crippen LogP contribution is -1.63. The van der Waals surface area contributed by atoms with Gasteiger partial charge in [-0.1, -0.05) is 18.2 Å². The van der Waals surface area contributed by atoms with Crippen molar-refractivity contribution in [1.29, 1.82) is 0 Å². The van der Waals surface area contributed by atoms with Crippen LogP contribution in [0.5, 0.6) is 0 Å². The van der Waals surface area contributed by atoms with Crippen LogP contribution in [0.3, 0.4) is 0 Å². The number of rotatable bonds is 0. The minimum Gasteiger partial charge on any atom is -0.207 e. The first-order valence-corrected chi connectivity index (χ1v) is 2.10. The van der Waals surface area contributed by atoms with Gasteiger partial charge in [-0.15, -0.1) is 12.4 Å². The zero-order valence-electron chi connectivity index (χ0n) is 4.17. The molecule has 0 atom stereocenters. The van der Waals surface area contributed by atoms with Gasteiger partial charge in [-0.2, -0.15) is 0 Å². The highest BCUT2D eigenvalue weighted by Gasteiger charge is 1.77. The van der Waals surface area contributed by atoms with E-state index in [9.17, 15) is 4.39 Å². The van der Waals surface area contributed by atoms with Crippen LogP contribution in [0.25, 0.3) is 0 Å². The van der Waals surface area contributed by atoms with Gasteiger partial charge in [0.05, 0.1) is 0 Å². The summed E-state index contributed by atoms with van der Waals surface area (Å²) in [5, 5.41) is 0. The average Bonchev–Trinajstić information content (AvgIpc) is 1.69. The van der Waals surface area contributed by atoms with Gasteiger partial charge in [-0.25, -0.2) is 4.39 Å². The zero-order chi connectivity index (χ0) is 5.11. The molecular formula is C6H6ClF. The molecule has 0 spiro atoms. The summed E-state index contributed by atoms with van der Waals surface area (Å²) >= 11 is 0. The van der Waals surface area contributed by atoms with E-state index < -0.39 is 0 Å². The van der Waals surface area contributed by atoms with Crippen molar-refractivity contribution in [3.05, 3.63) is 36.1 Å². The maximum absolute atomic E-state index is 11.9. The molecule has 0 heterocycles. The third-order valence-corrected chi connectivity index (χ3v) is 0.733. The van der Waals surface area contributed by atoms with Gasteiger partial charge in [0.1, 0.15) is 5.82 Å². The molecule has 2 heteroatoms. The first-order chi connectivity index (χ1) is 3.39. The van der Waals surface area contributed by atoms with Crippen LogP contribution < -0.4 is 0 Å². The molecule has 0 aliphatic rings. The van der Waals surface area contributed by atoms with Gasteiger partial charge in [0.2, 0.25) is 0 Å². The molecule has 0 radical (unpaired) electrons. The summed E-state index contributed by atoms with van der Waals surface area (Å²) in [6.07, 6.45) is 0. The molecule has 8 heavy (non-hydrogen) atoms. The van der Waals surface area contributed by atoms with E-state index in [-0.39, 0.29) is 18.2 Å². The largest absolute Gasteiger partial charge is 0.207 e. The molecule has 0 aromatic heterocycles. The van der Waals surface area contributed by atoms with Gasteiger partial charge >= 0.3 is 0 Å². The Kier molecular flexibility index (Phi) is 3.20. The lowest BCUT2D eigenvalue weighted by Gasteiger charge is -1.78. The van der Waals surface area contributed by atoms with Crippen LogP contribution >= 0.6 is 12.4 Å². The molecule has 44 valence electrons. The fourth-order valence-corrected chi connectivity index (χ4v) is 0.415. The van der Waals surface area contributed by atoms with Crippen molar-refractivity contribution >= 4 is 12.4 Å². The quantitative estimate of drug-likeness (QED) is 0.508. The second kappa shape index (κ2) is 3.44. The van der Waals surface area contributed by atoms with Gasteiger partial charge in [0, 0.05) is 0 Å². The minimum absolute atomic E-state index is 0. The summed E-state index contributed by atoms with van der Waals surface area (Å²) in [5.41, 5.74) is 0. The van der Waals surface area contributed by atoms with Gasteiger partial charge in [0.25, 0.3) is 0 Å².